The number of amides is 1. The Morgan fingerprint density at radius 3 is 2.54 bits per heavy atom. The summed E-state index contributed by atoms with van der Waals surface area (Å²) >= 11 is 6.14. The predicted octanol–water partition coefficient (Wildman–Crippen LogP) is 4.33. The molecule has 8 heteroatoms. The lowest BCUT2D eigenvalue weighted by Gasteiger charge is -2.37. The lowest BCUT2D eigenvalue weighted by atomic mass is 9.88. The molecule has 1 aromatic carbocycles. The van der Waals surface area contributed by atoms with E-state index >= 15 is 0 Å². The fraction of sp³-hybridized carbons (Fsp3) is 0.500. The van der Waals surface area contributed by atoms with Crippen molar-refractivity contribution in [2.45, 2.75) is 64.6 Å². The molecule has 2 aromatic rings. The first-order valence-corrected chi connectivity index (χ1v) is 9.78. The van der Waals surface area contributed by atoms with E-state index < -0.39 is 24.0 Å². The molecule has 0 spiro atoms. The van der Waals surface area contributed by atoms with Crippen molar-refractivity contribution in [1.82, 2.24) is 9.88 Å². The highest BCUT2D eigenvalue weighted by atomic mass is 35.5. The summed E-state index contributed by atoms with van der Waals surface area (Å²) in [6.45, 7) is 6.28. The van der Waals surface area contributed by atoms with E-state index in [9.17, 15) is 23.5 Å². The molecule has 0 saturated heterocycles. The van der Waals surface area contributed by atoms with Crippen LogP contribution in [0.25, 0.3) is 10.8 Å². The van der Waals surface area contributed by atoms with Gasteiger partial charge in [0.05, 0.1) is 17.0 Å². The van der Waals surface area contributed by atoms with Crippen LogP contribution in [0.5, 0.6) is 0 Å². The van der Waals surface area contributed by atoms with Gasteiger partial charge in [-0.1, -0.05) is 25.4 Å². The van der Waals surface area contributed by atoms with Crippen molar-refractivity contribution >= 4 is 28.3 Å². The lowest BCUT2D eigenvalue weighted by molar-refractivity contribution is -0.132. The summed E-state index contributed by atoms with van der Waals surface area (Å²) in [7, 11) is 0. The Hall–Kier alpha value is -1.99. The van der Waals surface area contributed by atoms with Gasteiger partial charge in [0.1, 0.15) is 5.72 Å². The van der Waals surface area contributed by atoms with E-state index in [1.807, 2.05) is 20.8 Å². The zero-order chi connectivity index (χ0) is 21.1. The molecular formula is C20H25ClF2N2O3. The highest BCUT2D eigenvalue weighted by Gasteiger charge is 2.45. The van der Waals surface area contributed by atoms with Gasteiger partial charge in [0.2, 0.25) is 0 Å². The third-order valence-electron chi connectivity index (χ3n) is 4.71. The van der Waals surface area contributed by atoms with Crippen molar-refractivity contribution in [1.29, 1.82) is 0 Å². The van der Waals surface area contributed by atoms with Crippen LogP contribution >= 0.6 is 11.6 Å². The van der Waals surface area contributed by atoms with Gasteiger partial charge in [-0.25, -0.2) is 8.78 Å². The lowest BCUT2D eigenvalue weighted by Crippen LogP contribution is -2.54. The minimum atomic E-state index is -3.04. The molecule has 0 bridgehead atoms. The van der Waals surface area contributed by atoms with Gasteiger partial charge in [-0.3, -0.25) is 9.59 Å². The van der Waals surface area contributed by atoms with Gasteiger partial charge in [-0.05, 0) is 38.0 Å². The van der Waals surface area contributed by atoms with Gasteiger partial charge in [0, 0.05) is 29.9 Å². The third kappa shape index (κ3) is 4.52. The minimum Gasteiger partial charge on any atom is -0.371 e. The average Bonchev–Trinajstić information content (AvgIpc) is 2.62. The normalized spacial score (nSPS) is 21.0. The Balaban J connectivity index is 0.00000136. The molecule has 3 rings (SSSR count). The zero-order valence-electron chi connectivity index (χ0n) is 16.2. The number of nitrogens with zero attached hydrogens (tertiary/aromatic N) is 1. The Morgan fingerprint density at radius 2 is 1.93 bits per heavy atom. The zero-order valence-corrected chi connectivity index (χ0v) is 16.9. The summed E-state index contributed by atoms with van der Waals surface area (Å²) in [4.78, 5) is 25.1. The molecule has 1 aromatic heterocycles. The molecule has 1 atom stereocenters. The molecule has 5 nitrogen and oxygen atoms in total. The first-order chi connectivity index (χ1) is 13.2. The number of benzene rings is 1. The van der Waals surface area contributed by atoms with E-state index in [-0.39, 0.29) is 35.4 Å². The highest BCUT2D eigenvalue weighted by Crippen LogP contribution is 2.38. The number of pyridine rings is 1. The molecule has 1 unspecified atom stereocenters. The van der Waals surface area contributed by atoms with Crippen molar-refractivity contribution in [2.75, 3.05) is 0 Å². The molecule has 1 saturated carbocycles. The largest absolute Gasteiger partial charge is 0.371 e. The summed E-state index contributed by atoms with van der Waals surface area (Å²) in [6.07, 6.45) is 0.488. The van der Waals surface area contributed by atoms with Gasteiger partial charge in [0.25, 0.3) is 17.4 Å². The standard InChI is InChI=1S/C18H19ClF2N2O3.C2H6/c1-2-23-9-6-11-12(16(23)25)4-5-13(19)14(11)15(24)22-18(26)8-3-7-17(20,21)10-18;1-2/h4-6,9,26H,2-3,7-8,10H2,1H3,(H,22,24);1-2H3. The molecule has 0 radical (unpaired) electrons. The number of aryl methyl sites for hydroxylation is 1. The molecule has 1 aliphatic rings. The highest BCUT2D eigenvalue weighted by molar-refractivity contribution is 6.35. The van der Waals surface area contributed by atoms with Crippen LogP contribution < -0.4 is 10.9 Å². The van der Waals surface area contributed by atoms with Crippen LogP contribution in [-0.4, -0.2) is 27.2 Å². The number of carbonyl (C=O) groups excluding carboxylic acids is 1. The fourth-order valence-corrected chi connectivity index (χ4v) is 3.69. The smallest absolute Gasteiger partial charge is 0.258 e. The van der Waals surface area contributed by atoms with Gasteiger partial charge < -0.3 is 15.0 Å². The molecule has 1 heterocycles. The van der Waals surface area contributed by atoms with Crippen molar-refractivity contribution in [2.24, 2.45) is 0 Å². The van der Waals surface area contributed by atoms with Crippen molar-refractivity contribution in [3.63, 3.8) is 0 Å². The van der Waals surface area contributed by atoms with Gasteiger partial charge in [0.15, 0.2) is 0 Å². The number of halogens is 3. The first kappa shape index (κ1) is 22.3. The van der Waals surface area contributed by atoms with E-state index in [4.69, 9.17) is 11.6 Å². The maximum absolute atomic E-state index is 13.6. The Labute approximate surface area is 167 Å². The van der Waals surface area contributed by atoms with E-state index in [2.05, 4.69) is 5.32 Å². The number of hydrogen-bond acceptors (Lipinski definition) is 3. The molecule has 1 fully saturated rings. The number of rotatable bonds is 3. The van der Waals surface area contributed by atoms with Crippen LogP contribution in [0, 0.1) is 0 Å². The summed E-state index contributed by atoms with van der Waals surface area (Å²) in [5.74, 6) is -3.83. The number of aliphatic hydroxyl groups is 1. The van der Waals surface area contributed by atoms with E-state index in [0.29, 0.717) is 17.3 Å². The number of carbonyl (C=O) groups is 1. The van der Waals surface area contributed by atoms with E-state index in [1.165, 1.54) is 16.7 Å². The summed E-state index contributed by atoms with van der Waals surface area (Å²) in [6, 6.07) is 4.52. The molecule has 154 valence electrons. The van der Waals surface area contributed by atoms with E-state index in [1.54, 1.807) is 12.3 Å². The van der Waals surface area contributed by atoms with Crippen LogP contribution in [-0.2, 0) is 6.54 Å². The van der Waals surface area contributed by atoms with E-state index in [0.717, 1.165) is 0 Å². The van der Waals surface area contributed by atoms with Crippen molar-refractivity contribution < 1.29 is 18.7 Å². The van der Waals surface area contributed by atoms with Crippen LogP contribution in [0.2, 0.25) is 5.02 Å². The monoisotopic (exact) mass is 414 g/mol. The van der Waals surface area contributed by atoms with Crippen molar-refractivity contribution in [3.05, 3.63) is 45.3 Å². The van der Waals surface area contributed by atoms with Crippen LogP contribution in [0.15, 0.2) is 29.2 Å². The number of nitrogens with one attached hydrogen (secondary N) is 1. The van der Waals surface area contributed by atoms with Gasteiger partial charge in [-0.15, -0.1) is 0 Å². The molecular weight excluding hydrogens is 390 g/mol. The molecule has 0 aliphatic heterocycles. The molecule has 28 heavy (non-hydrogen) atoms. The first-order valence-electron chi connectivity index (χ1n) is 9.40. The second kappa shape index (κ2) is 8.57. The second-order valence-electron chi connectivity index (χ2n) is 6.66. The molecule has 1 amide bonds. The average molecular weight is 415 g/mol. The SMILES string of the molecule is CC.CCn1ccc2c(C(=O)NC3(O)CCCC(F)(F)C3)c(Cl)ccc2c1=O. The molecule has 1 aliphatic carbocycles. The Kier molecular flexibility index (Phi) is 6.83. The summed E-state index contributed by atoms with van der Waals surface area (Å²) in [5.41, 5.74) is -2.30. The quantitative estimate of drug-likeness (QED) is 0.734. The maximum Gasteiger partial charge on any atom is 0.258 e. The minimum absolute atomic E-state index is 0.00756. The van der Waals surface area contributed by atoms with Gasteiger partial charge >= 0.3 is 0 Å². The molecule has 2 N–H and O–H groups in total. The second-order valence-corrected chi connectivity index (χ2v) is 7.07. The number of fused-ring (bicyclic) bond motifs is 1. The summed E-state index contributed by atoms with van der Waals surface area (Å²) in [5, 5.41) is 13.4. The number of alkyl halides is 2. The number of aromatic nitrogens is 1. The fourth-order valence-electron chi connectivity index (χ4n) is 3.44. The van der Waals surface area contributed by atoms with Crippen LogP contribution in [0.3, 0.4) is 0 Å². The van der Waals surface area contributed by atoms with Crippen molar-refractivity contribution in [3.8, 4) is 0 Å². The third-order valence-corrected chi connectivity index (χ3v) is 5.02. The predicted molar refractivity (Wildman–Crippen MR) is 106 cm³/mol. The van der Waals surface area contributed by atoms with Crippen LogP contribution in [0.4, 0.5) is 8.78 Å². The Bertz CT molecular complexity index is 930. The van der Waals surface area contributed by atoms with Gasteiger partial charge in [-0.2, -0.15) is 0 Å². The Morgan fingerprint density at radius 1 is 1.25 bits per heavy atom. The maximum atomic E-state index is 13.6. The van der Waals surface area contributed by atoms with Crippen LogP contribution in [0.1, 0.15) is 56.8 Å². The number of hydrogen-bond donors (Lipinski definition) is 2. The summed E-state index contributed by atoms with van der Waals surface area (Å²) < 4.78 is 28.8. The topological polar surface area (TPSA) is 71.3 Å².